The van der Waals surface area contributed by atoms with Gasteiger partial charge >= 0.3 is 0 Å². The summed E-state index contributed by atoms with van der Waals surface area (Å²) in [5.74, 6) is -0.268. The minimum atomic E-state index is -0.268. The third-order valence-corrected chi connectivity index (χ3v) is 3.32. The van der Waals surface area contributed by atoms with Crippen molar-refractivity contribution in [3.63, 3.8) is 0 Å². The van der Waals surface area contributed by atoms with Crippen LogP contribution in [0, 0.1) is 12.7 Å². The molecule has 19 heavy (non-hydrogen) atoms. The minimum Gasteiger partial charge on any atom is -0.399 e. The third kappa shape index (κ3) is 3.05. The van der Waals surface area contributed by atoms with Crippen LogP contribution in [0.2, 0.25) is 0 Å². The van der Waals surface area contributed by atoms with E-state index < -0.39 is 0 Å². The molecule has 0 aliphatic carbocycles. The first kappa shape index (κ1) is 13.4. The van der Waals surface area contributed by atoms with Gasteiger partial charge in [-0.3, -0.25) is 0 Å². The number of halogens is 1. The predicted octanol–water partition coefficient (Wildman–Crippen LogP) is 3.74. The SMILES string of the molecule is CCN(Cc1ccccc1C)c1ccc(N)cc1F. The first-order valence-corrected chi connectivity index (χ1v) is 6.46. The molecule has 0 spiro atoms. The van der Waals surface area contributed by atoms with Gasteiger partial charge in [0.2, 0.25) is 0 Å². The summed E-state index contributed by atoms with van der Waals surface area (Å²) in [6, 6.07) is 13.0. The molecule has 2 aromatic carbocycles. The summed E-state index contributed by atoms with van der Waals surface area (Å²) in [6.45, 7) is 5.54. The van der Waals surface area contributed by atoms with Crippen molar-refractivity contribution in [2.45, 2.75) is 20.4 Å². The van der Waals surface area contributed by atoms with Crippen molar-refractivity contribution in [1.82, 2.24) is 0 Å². The zero-order valence-electron chi connectivity index (χ0n) is 11.4. The molecule has 0 saturated carbocycles. The maximum absolute atomic E-state index is 14.0. The Morgan fingerprint density at radius 1 is 1.16 bits per heavy atom. The van der Waals surface area contributed by atoms with Gasteiger partial charge in [0, 0.05) is 18.8 Å². The van der Waals surface area contributed by atoms with Gasteiger partial charge in [-0.2, -0.15) is 0 Å². The molecular formula is C16H19FN2. The number of anilines is 2. The average Bonchev–Trinajstić information content (AvgIpc) is 2.39. The fourth-order valence-electron chi connectivity index (χ4n) is 2.14. The molecule has 3 heteroatoms. The van der Waals surface area contributed by atoms with Gasteiger partial charge in [-0.15, -0.1) is 0 Å². The van der Waals surface area contributed by atoms with E-state index in [1.165, 1.54) is 17.2 Å². The molecule has 0 saturated heterocycles. The van der Waals surface area contributed by atoms with Crippen LogP contribution >= 0.6 is 0 Å². The number of benzene rings is 2. The molecule has 0 amide bonds. The summed E-state index contributed by atoms with van der Waals surface area (Å²) >= 11 is 0. The maximum atomic E-state index is 14.0. The Labute approximate surface area is 113 Å². The molecule has 0 unspecified atom stereocenters. The van der Waals surface area contributed by atoms with Crippen molar-refractivity contribution >= 4 is 11.4 Å². The largest absolute Gasteiger partial charge is 0.399 e. The fraction of sp³-hybridized carbons (Fsp3) is 0.250. The quantitative estimate of drug-likeness (QED) is 0.846. The summed E-state index contributed by atoms with van der Waals surface area (Å²) in [5.41, 5.74) is 9.06. The van der Waals surface area contributed by atoms with E-state index >= 15 is 0 Å². The zero-order valence-corrected chi connectivity index (χ0v) is 11.4. The molecule has 0 aliphatic rings. The van der Waals surface area contributed by atoms with Crippen molar-refractivity contribution < 1.29 is 4.39 Å². The van der Waals surface area contributed by atoms with Crippen LogP contribution in [0.25, 0.3) is 0 Å². The number of hydrogen-bond donors (Lipinski definition) is 1. The fourth-order valence-corrected chi connectivity index (χ4v) is 2.14. The highest BCUT2D eigenvalue weighted by Gasteiger charge is 2.11. The van der Waals surface area contributed by atoms with Crippen LogP contribution in [-0.4, -0.2) is 6.54 Å². The van der Waals surface area contributed by atoms with Gasteiger partial charge in [-0.25, -0.2) is 4.39 Å². The van der Waals surface area contributed by atoms with Gasteiger partial charge in [0.25, 0.3) is 0 Å². The van der Waals surface area contributed by atoms with Gasteiger partial charge in [0.15, 0.2) is 0 Å². The molecular weight excluding hydrogens is 239 g/mol. The van der Waals surface area contributed by atoms with Crippen molar-refractivity contribution in [3.05, 3.63) is 59.4 Å². The summed E-state index contributed by atoms with van der Waals surface area (Å²) in [6.07, 6.45) is 0. The Bertz CT molecular complexity index is 566. The van der Waals surface area contributed by atoms with Crippen molar-refractivity contribution in [2.75, 3.05) is 17.2 Å². The third-order valence-electron chi connectivity index (χ3n) is 3.32. The van der Waals surface area contributed by atoms with E-state index in [2.05, 4.69) is 19.1 Å². The van der Waals surface area contributed by atoms with Crippen LogP contribution < -0.4 is 10.6 Å². The number of rotatable bonds is 4. The van der Waals surface area contributed by atoms with Crippen LogP contribution in [0.3, 0.4) is 0 Å². The van der Waals surface area contributed by atoms with E-state index in [1.54, 1.807) is 12.1 Å². The Balaban J connectivity index is 2.28. The van der Waals surface area contributed by atoms with Gasteiger partial charge in [0.1, 0.15) is 5.82 Å². The number of nitrogen functional groups attached to an aromatic ring is 1. The second-order valence-corrected chi connectivity index (χ2v) is 4.65. The van der Waals surface area contributed by atoms with Crippen molar-refractivity contribution in [1.29, 1.82) is 0 Å². The van der Waals surface area contributed by atoms with Crippen LogP contribution in [0.1, 0.15) is 18.1 Å². The van der Waals surface area contributed by atoms with Gasteiger partial charge in [-0.05, 0) is 43.2 Å². The molecule has 0 bridgehead atoms. The summed E-state index contributed by atoms with van der Waals surface area (Å²) < 4.78 is 14.0. The highest BCUT2D eigenvalue weighted by atomic mass is 19.1. The lowest BCUT2D eigenvalue weighted by atomic mass is 10.1. The van der Waals surface area contributed by atoms with Gasteiger partial charge < -0.3 is 10.6 Å². The zero-order chi connectivity index (χ0) is 13.8. The predicted molar refractivity (Wildman–Crippen MR) is 78.7 cm³/mol. The van der Waals surface area contributed by atoms with Gasteiger partial charge in [-0.1, -0.05) is 24.3 Å². The second-order valence-electron chi connectivity index (χ2n) is 4.65. The first-order chi connectivity index (χ1) is 9.11. The summed E-state index contributed by atoms with van der Waals surface area (Å²) in [4.78, 5) is 2.01. The molecule has 0 fully saturated rings. The molecule has 0 heterocycles. The monoisotopic (exact) mass is 258 g/mol. The van der Waals surface area contributed by atoms with E-state index in [1.807, 2.05) is 24.0 Å². The average molecular weight is 258 g/mol. The molecule has 2 rings (SSSR count). The van der Waals surface area contributed by atoms with Crippen LogP contribution in [0.15, 0.2) is 42.5 Å². The molecule has 2 nitrogen and oxygen atoms in total. The van der Waals surface area contributed by atoms with Crippen molar-refractivity contribution in [2.24, 2.45) is 0 Å². The summed E-state index contributed by atoms with van der Waals surface area (Å²) in [7, 11) is 0. The van der Waals surface area contributed by atoms with Crippen molar-refractivity contribution in [3.8, 4) is 0 Å². The number of nitrogens with two attached hydrogens (primary N) is 1. The van der Waals surface area contributed by atoms with Crippen LogP contribution in [0.4, 0.5) is 15.8 Å². The minimum absolute atomic E-state index is 0.268. The number of hydrogen-bond acceptors (Lipinski definition) is 2. The molecule has 2 aromatic rings. The lowest BCUT2D eigenvalue weighted by Gasteiger charge is -2.24. The smallest absolute Gasteiger partial charge is 0.148 e. The molecule has 0 aromatic heterocycles. The highest BCUT2D eigenvalue weighted by molar-refractivity contribution is 5.55. The Morgan fingerprint density at radius 2 is 1.89 bits per heavy atom. The summed E-state index contributed by atoms with van der Waals surface area (Å²) in [5, 5.41) is 0. The van der Waals surface area contributed by atoms with E-state index in [4.69, 9.17) is 5.73 Å². The second kappa shape index (κ2) is 5.74. The van der Waals surface area contributed by atoms with E-state index in [0.717, 1.165) is 6.54 Å². The lowest BCUT2D eigenvalue weighted by molar-refractivity contribution is 0.618. The highest BCUT2D eigenvalue weighted by Crippen LogP contribution is 2.23. The Morgan fingerprint density at radius 3 is 2.53 bits per heavy atom. The molecule has 0 atom stereocenters. The van der Waals surface area contributed by atoms with Crippen LogP contribution in [0.5, 0.6) is 0 Å². The van der Waals surface area contributed by atoms with Crippen LogP contribution in [-0.2, 0) is 6.54 Å². The molecule has 0 aliphatic heterocycles. The topological polar surface area (TPSA) is 29.3 Å². The lowest BCUT2D eigenvalue weighted by Crippen LogP contribution is -2.23. The molecule has 100 valence electrons. The maximum Gasteiger partial charge on any atom is 0.148 e. The van der Waals surface area contributed by atoms with Gasteiger partial charge in [0.05, 0.1) is 5.69 Å². The number of nitrogens with zero attached hydrogens (tertiary/aromatic N) is 1. The molecule has 0 radical (unpaired) electrons. The Kier molecular flexibility index (Phi) is 4.05. The van der Waals surface area contributed by atoms with E-state index in [0.29, 0.717) is 17.9 Å². The van der Waals surface area contributed by atoms with E-state index in [9.17, 15) is 4.39 Å². The number of aryl methyl sites for hydroxylation is 1. The van der Waals surface area contributed by atoms with E-state index in [-0.39, 0.29) is 5.82 Å². The normalized spacial score (nSPS) is 10.5. The first-order valence-electron chi connectivity index (χ1n) is 6.46. The standard InChI is InChI=1S/C16H19FN2/c1-3-19(11-13-7-5-4-6-12(13)2)16-9-8-14(18)10-15(16)17/h4-10H,3,11,18H2,1-2H3. The Hall–Kier alpha value is -2.03. The molecule has 2 N–H and O–H groups in total.